The minimum absolute atomic E-state index is 0.102. The highest BCUT2D eigenvalue weighted by molar-refractivity contribution is 6.30. The molecule has 0 atom stereocenters. The van der Waals surface area contributed by atoms with Crippen molar-refractivity contribution < 1.29 is 32.6 Å². The third-order valence-electron chi connectivity index (χ3n) is 6.10. The Morgan fingerprint density at radius 2 is 1.84 bits per heavy atom. The zero-order valence-electron chi connectivity index (χ0n) is 24.3. The molecule has 0 bridgehead atoms. The number of carboxylic acids is 1. The summed E-state index contributed by atoms with van der Waals surface area (Å²) in [5.41, 5.74) is 0.819. The Balaban J connectivity index is 0.000000676. The van der Waals surface area contributed by atoms with Gasteiger partial charge in [0.1, 0.15) is 5.75 Å². The van der Waals surface area contributed by atoms with Crippen molar-refractivity contribution in [3.63, 3.8) is 0 Å². The molecule has 44 heavy (non-hydrogen) atoms. The van der Waals surface area contributed by atoms with Gasteiger partial charge in [0, 0.05) is 29.3 Å². The van der Waals surface area contributed by atoms with Gasteiger partial charge in [0.15, 0.2) is 11.4 Å². The molecule has 0 spiro atoms. The van der Waals surface area contributed by atoms with Gasteiger partial charge in [0.25, 0.3) is 11.5 Å². The number of hydrogen-bond acceptors (Lipinski definition) is 8. The Morgan fingerprint density at radius 1 is 1.18 bits per heavy atom. The van der Waals surface area contributed by atoms with Crippen molar-refractivity contribution in [1.82, 2.24) is 24.2 Å². The number of nitrogens with zero attached hydrogens (tertiary/aromatic N) is 6. The molecule has 1 N–H and O–H groups in total. The number of benzene rings is 1. The molecule has 11 nitrogen and oxygen atoms in total. The number of hydrogen-bond donors (Lipinski definition) is 1. The molecule has 0 fully saturated rings. The fourth-order valence-electron chi connectivity index (χ4n) is 4.27. The van der Waals surface area contributed by atoms with Crippen molar-refractivity contribution in [3.8, 4) is 17.6 Å². The molecule has 0 amide bonds. The van der Waals surface area contributed by atoms with E-state index < -0.39 is 17.6 Å². The lowest BCUT2D eigenvalue weighted by molar-refractivity contribution is -0.192. The number of rotatable bonds is 7. The Hall–Kier alpha value is -4.74. The molecule has 4 aromatic rings. The van der Waals surface area contributed by atoms with E-state index in [-0.39, 0.29) is 29.5 Å². The number of aliphatic carboxylic acids is 1. The van der Waals surface area contributed by atoms with Gasteiger partial charge < -0.3 is 19.3 Å². The van der Waals surface area contributed by atoms with E-state index in [1.54, 1.807) is 37.5 Å². The third kappa shape index (κ3) is 8.00. The van der Waals surface area contributed by atoms with Gasteiger partial charge in [-0.3, -0.25) is 9.59 Å². The second-order valence-electron chi connectivity index (χ2n) is 10.6. The van der Waals surface area contributed by atoms with E-state index in [4.69, 9.17) is 26.2 Å². The number of fused-ring (bicyclic) bond motifs is 1. The predicted octanol–water partition coefficient (Wildman–Crippen LogP) is 5.13. The van der Waals surface area contributed by atoms with Gasteiger partial charge in [-0.05, 0) is 76.8 Å². The number of carbonyl (C=O) groups excluding carboxylic acids is 1. The van der Waals surface area contributed by atoms with E-state index in [1.165, 1.54) is 21.4 Å². The first kappa shape index (κ1) is 33.8. The van der Waals surface area contributed by atoms with Crippen LogP contribution in [0.15, 0.2) is 53.6 Å². The molecule has 0 radical (unpaired) electrons. The van der Waals surface area contributed by atoms with E-state index in [1.807, 2.05) is 45.0 Å². The quantitative estimate of drug-likeness (QED) is 0.293. The Kier molecular flexibility index (Phi) is 10.2. The van der Waals surface area contributed by atoms with Crippen LogP contribution in [-0.4, -0.2) is 68.0 Å². The van der Waals surface area contributed by atoms with Gasteiger partial charge in [-0.2, -0.15) is 28.2 Å². The maximum Gasteiger partial charge on any atom is 0.490 e. The second kappa shape index (κ2) is 13.3. The number of halogens is 4. The summed E-state index contributed by atoms with van der Waals surface area (Å²) in [5, 5.41) is 22.0. The Morgan fingerprint density at radius 3 is 2.43 bits per heavy atom. The largest absolute Gasteiger partial charge is 0.490 e. The van der Waals surface area contributed by atoms with Crippen LogP contribution >= 0.6 is 11.6 Å². The second-order valence-corrected chi connectivity index (χ2v) is 11.0. The zero-order valence-corrected chi connectivity index (χ0v) is 25.1. The molecule has 0 saturated heterocycles. The van der Waals surface area contributed by atoms with E-state index >= 15 is 0 Å². The molecule has 0 aliphatic carbocycles. The molecule has 232 valence electrons. The monoisotopic (exact) mass is 632 g/mol. The summed E-state index contributed by atoms with van der Waals surface area (Å²) in [6, 6.07) is 12.0. The smallest absolute Gasteiger partial charge is 0.475 e. The van der Waals surface area contributed by atoms with E-state index in [9.17, 15) is 28.0 Å². The molecule has 0 saturated carbocycles. The number of aromatic nitrogens is 4. The summed E-state index contributed by atoms with van der Waals surface area (Å²) >= 11 is 6.10. The van der Waals surface area contributed by atoms with Crippen LogP contribution in [0, 0.1) is 23.7 Å². The number of carboxylic acid groups (broad SMARTS) is 1. The molecule has 0 unspecified atom stereocenters. The highest BCUT2D eigenvalue weighted by Crippen LogP contribution is 2.27. The summed E-state index contributed by atoms with van der Waals surface area (Å²) in [6.07, 6.45) is -1.82. The molecule has 4 rings (SSSR count). The van der Waals surface area contributed by atoms with Gasteiger partial charge in [0.2, 0.25) is 0 Å². The van der Waals surface area contributed by atoms with Crippen LogP contribution in [0.5, 0.6) is 11.5 Å². The van der Waals surface area contributed by atoms with Crippen molar-refractivity contribution in [2.45, 2.75) is 33.5 Å². The van der Waals surface area contributed by atoms with Crippen molar-refractivity contribution in [2.24, 2.45) is 5.41 Å². The number of aryl methyl sites for hydroxylation is 1. The number of carbonyl (C=O) groups is 2. The molecular formula is C29H28ClF3N6O5. The fraction of sp³-hybridized carbons (Fsp3) is 0.310. The lowest BCUT2D eigenvalue weighted by atomic mass is 9.92. The number of ether oxygens (including phenoxy) is 1. The standard InChI is InChI=1S/C27H27ClN6O3.C2HF3O2/c1-17-8-10-33(25(35)23(17)37-20-12-18(14-29)11-19(28)13-20)15-22-21-7-6-9-30-24(21)34(31-22)26(36)27(2,3)16-32(4)5;3-2(4,5)1(6)7/h6-13H,15-16H2,1-5H3;(H,6,7). The van der Waals surface area contributed by atoms with Crippen molar-refractivity contribution in [3.05, 3.63) is 81.0 Å². The number of nitriles is 1. The maximum atomic E-state index is 13.4. The highest BCUT2D eigenvalue weighted by Gasteiger charge is 2.38. The zero-order chi connectivity index (χ0) is 33.0. The van der Waals surface area contributed by atoms with Crippen LogP contribution < -0.4 is 10.3 Å². The highest BCUT2D eigenvalue weighted by atomic mass is 35.5. The number of alkyl halides is 3. The summed E-state index contributed by atoms with van der Waals surface area (Å²) in [4.78, 5) is 42.1. The van der Waals surface area contributed by atoms with E-state index in [2.05, 4.69) is 10.1 Å². The van der Waals surface area contributed by atoms with E-state index in [0.717, 1.165) is 0 Å². The van der Waals surface area contributed by atoms with Gasteiger partial charge >= 0.3 is 12.1 Å². The van der Waals surface area contributed by atoms with E-state index in [0.29, 0.717) is 39.4 Å². The molecule has 0 aliphatic heterocycles. The topological polar surface area (TPSA) is 143 Å². The maximum absolute atomic E-state index is 13.4. The minimum Gasteiger partial charge on any atom is -0.475 e. The first-order valence-corrected chi connectivity index (χ1v) is 13.2. The summed E-state index contributed by atoms with van der Waals surface area (Å²) in [7, 11) is 3.82. The summed E-state index contributed by atoms with van der Waals surface area (Å²) in [6.45, 7) is 6.13. The third-order valence-corrected chi connectivity index (χ3v) is 6.32. The predicted molar refractivity (Wildman–Crippen MR) is 155 cm³/mol. The first-order chi connectivity index (χ1) is 20.4. The average Bonchev–Trinajstić information content (AvgIpc) is 3.29. The molecule has 15 heteroatoms. The lowest BCUT2D eigenvalue weighted by Crippen LogP contribution is -2.39. The summed E-state index contributed by atoms with van der Waals surface area (Å²) < 4.78 is 40.4. The van der Waals surface area contributed by atoms with Crippen LogP contribution in [0.3, 0.4) is 0 Å². The van der Waals surface area contributed by atoms with Crippen LogP contribution in [-0.2, 0) is 11.3 Å². The minimum atomic E-state index is -5.08. The molecular weight excluding hydrogens is 605 g/mol. The normalized spacial score (nSPS) is 11.6. The molecule has 0 aliphatic rings. The van der Waals surface area contributed by atoms with Gasteiger partial charge in [-0.25, -0.2) is 9.78 Å². The summed E-state index contributed by atoms with van der Waals surface area (Å²) in [5.74, 6) is -2.55. The SMILES string of the molecule is Cc1ccn(Cc2nn(C(=O)C(C)(C)CN(C)C)c3ncccc23)c(=O)c1Oc1cc(Cl)cc(C#N)c1.O=C(O)C(F)(F)F. The van der Waals surface area contributed by atoms with Crippen LogP contribution in [0.25, 0.3) is 11.0 Å². The Bertz CT molecular complexity index is 1810. The van der Waals surface area contributed by atoms with Crippen molar-refractivity contribution >= 4 is 34.5 Å². The van der Waals surface area contributed by atoms with Crippen molar-refractivity contribution in [2.75, 3.05) is 20.6 Å². The van der Waals surface area contributed by atoms with Gasteiger partial charge in [-0.1, -0.05) is 11.6 Å². The van der Waals surface area contributed by atoms with Crippen LogP contribution in [0.4, 0.5) is 13.2 Å². The number of pyridine rings is 2. The Labute approximate surface area is 254 Å². The van der Waals surface area contributed by atoms with Crippen LogP contribution in [0.1, 0.15) is 35.5 Å². The van der Waals surface area contributed by atoms with Gasteiger partial charge in [0.05, 0.1) is 29.3 Å². The first-order valence-electron chi connectivity index (χ1n) is 12.9. The lowest BCUT2D eigenvalue weighted by Gasteiger charge is -2.26. The van der Waals surface area contributed by atoms with Gasteiger partial charge in [-0.15, -0.1) is 0 Å². The molecule has 3 aromatic heterocycles. The van der Waals surface area contributed by atoms with Crippen molar-refractivity contribution in [1.29, 1.82) is 5.26 Å². The fourth-order valence-corrected chi connectivity index (χ4v) is 4.50. The molecule has 1 aromatic carbocycles. The van der Waals surface area contributed by atoms with Crippen LogP contribution in [0.2, 0.25) is 5.02 Å². The average molecular weight is 633 g/mol. The molecule has 3 heterocycles.